The first kappa shape index (κ1) is 24.9. The molecule has 4 rings (SSSR count). The number of nitrogens with one attached hydrogen (secondary N) is 2. The number of halogens is 1. The van der Waals surface area contributed by atoms with E-state index in [1.54, 1.807) is 48.5 Å². The summed E-state index contributed by atoms with van der Waals surface area (Å²) in [5.74, 6) is -2.22. The third-order valence-electron chi connectivity index (χ3n) is 5.77. The number of hydrogen-bond donors (Lipinski definition) is 3. The lowest BCUT2D eigenvalue weighted by molar-refractivity contribution is -0.137. The first-order chi connectivity index (χ1) is 17.2. The molecular weight excluding hydrogens is 484 g/mol. The summed E-state index contributed by atoms with van der Waals surface area (Å²) in [5, 5.41) is 14.8. The average Bonchev–Trinajstić information content (AvgIpc) is 2.85. The molecule has 1 aromatic heterocycles. The van der Waals surface area contributed by atoms with Crippen LogP contribution in [0.4, 0.5) is 10.6 Å². The molecule has 1 aliphatic rings. The van der Waals surface area contributed by atoms with Gasteiger partial charge in [-0.05, 0) is 36.2 Å². The number of Topliss-reactive ketones (excluding diaryl/α,β-unsaturated/α-hetero) is 1. The first-order valence-corrected chi connectivity index (χ1v) is 11.5. The molecule has 2 heterocycles. The maximum atomic E-state index is 13.4. The van der Waals surface area contributed by atoms with E-state index in [0.717, 1.165) is 5.56 Å². The molecule has 2 aromatic carbocycles. The van der Waals surface area contributed by atoms with Crippen LogP contribution in [0.3, 0.4) is 0 Å². The predicted molar refractivity (Wildman–Crippen MR) is 133 cm³/mol. The maximum absolute atomic E-state index is 13.4. The number of pyridine rings is 1. The Labute approximate surface area is 212 Å². The van der Waals surface area contributed by atoms with Crippen LogP contribution in [0.1, 0.15) is 39.5 Å². The number of aliphatic carboxylic acids is 1. The van der Waals surface area contributed by atoms with E-state index >= 15 is 0 Å². The molecule has 1 unspecified atom stereocenters. The fraction of sp³-hybridized carbons (Fsp3) is 0.192. The number of amides is 3. The number of benzene rings is 2. The van der Waals surface area contributed by atoms with Crippen LogP contribution in [0.15, 0.2) is 66.9 Å². The zero-order valence-electron chi connectivity index (χ0n) is 19.3. The Kier molecular flexibility index (Phi) is 7.30. The van der Waals surface area contributed by atoms with Crippen molar-refractivity contribution in [3.63, 3.8) is 0 Å². The highest BCUT2D eigenvalue weighted by Crippen LogP contribution is 2.29. The third kappa shape index (κ3) is 5.36. The van der Waals surface area contributed by atoms with Crippen LogP contribution in [-0.4, -0.2) is 39.8 Å². The number of carboxylic acid groups (broad SMARTS) is 1. The van der Waals surface area contributed by atoms with Crippen LogP contribution >= 0.6 is 11.6 Å². The van der Waals surface area contributed by atoms with Gasteiger partial charge in [0, 0.05) is 11.2 Å². The number of aryl methyl sites for hydroxylation is 1. The van der Waals surface area contributed by atoms with E-state index in [1.807, 2.05) is 13.0 Å². The second kappa shape index (κ2) is 10.6. The van der Waals surface area contributed by atoms with Gasteiger partial charge in [-0.1, -0.05) is 59.6 Å². The average molecular weight is 507 g/mol. The van der Waals surface area contributed by atoms with Crippen LogP contribution < -0.4 is 15.5 Å². The summed E-state index contributed by atoms with van der Waals surface area (Å²) in [7, 11) is 0. The summed E-state index contributed by atoms with van der Waals surface area (Å²) in [6.45, 7) is 1.89. The molecule has 3 aromatic rings. The van der Waals surface area contributed by atoms with E-state index in [2.05, 4.69) is 15.6 Å². The highest BCUT2D eigenvalue weighted by atomic mass is 35.5. The van der Waals surface area contributed by atoms with Crippen LogP contribution in [0.25, 0.3) is 0 Å². The van der Waals surface area contributed by atoms with Gasteiger partial charge in [-0.15, -0.1) is 0 Å². The Hall–Kier alpha value is -4.24. The molecule has 0 bridgehead atoms. The van der Waals surface area contributed by atoms with Crippen molar-refractivity contribution in [2.45, 2.75) is 32.0 Å². The van der Waals surface area contributed by atoms with Crippen molar-refractivity contribution in [1.82, 2.24) is 15.6 Å². The predicted octanol–water partition coefficient (Wildman–Crippen LogP) is 3.66. The molecule has 0 aliphatic carbocycles. The van der Waals surface area contributed by atoms with E-state index in [9.17, 15) is 24.3 Å². The van der Waals surface area contributed by atoms with Gasteiger partial charge in [-0.2, -0.15) is 0 Å². The Balaban J connectivity index is 1.59. The Morgan fingerprint density at radius 1 is 1.11 bits per heavy atom. The number of hydrogen-bond acceptors (Lipinski definition) is 5. The number of ketones is 1. The van der Waals surface area contributed by atoms with Crippen molar-refractivity contribution < 1.29 is 24.3 Å². The van der Waals surface area contributed by atoms with E-state index in [0.29, 0.717) is 16.1 Å². The number of carbonyl (C=O) groups excluding carboxylic acids is 3. The van der Waals surface area contributed by atoms with Gasteiger partial charge in [-0.25, -0.2) is 9.78 Å². The number of fused-ring (bicyclic) bond motifs is 1. The molecule has 9 nitrogen and oxygen atoms in total. The SMILES string of the molecule is Cc1cccc([C@H](CC(=O)O)NC(=O)NC2C(=O)c3cccnc3N(Cc3ccccc3Cl)C2=O)c1. The molecular formula is C26H23ClN4O5. The molecule has 0 saturated heterocycles. The van der Waals surface area contributed by atoms with Crippen LogP contribution in [0.5, 0.6) is 0 Å². The van der Waals surface area contributed by atoms with E-state index < -0.39 is 35.8 Å². The molecule has 0 spiro atoms. The Bertz CT molecular complexity index is 1350. The molecule has 3 N–H and O–H groups in total. The topological polar surface area (TPSA) is 129 Å². The molecule has 184 valence electrons. The third-order valence-corrected chi connectivity index (χ3v) is 6.14. The normalized spacial score (nSPS) is 15.7. The second-order valence-electron chi connectivity index (χ2n) is 8.37. The fourth-order valence-electron chi connectivity index (χ4n) is 4.05. The summed E-state index contributed by atoms with van der Waals surface area (Å²) in [6, 6.07) is 13.9. The van der Waals surface area contributed by atoms with E-state index in [-0.39, 0.29) is 24.3 Å². The molecule has 0 radical (unpaired) electrons. The standard InChI is InChI=1S/C26H23ClN4O5/c1-15-6-4-8-16(12-15)20(13-21(32)33)29-26(36)30-22-23(34)18-9-5-11-28-24(18)31(25(22)35)14-17-7-2-3-10-19(17)27/h2-12,20,22H,13-14H2,1H3,(H,32,33)(H2,29,30,36)/t20-,22?/m0/s1. The van der Waals surface area contributed by atoms with Gasteiger partial charge in [0.05, 0.1) is 24.6 Å². The van der Waals surface area contributed by atoms with Gasteiger partial charge in [0.15, 0.2) is 11.8 Å². The van der Waals surface area contributed by atoms with E-state index in [4.69, 9.17) is 11.6 Å². The zero-order valence-corrected chi connectivity index (χ0v) is 20.0. The summed E-state index contributed by atoms with van der Waals surface area (Å²) in [5.41, 5.74) is 2.30. The van der Waals surface area contributed by atoms with Crippen LogP contribution in [0.2, 0.25) is 5.02 Å². The summed E-state index contributed by atoms with van der Waals surface area (Å²) in [6.07, 6.45) is 1.09. The Morgan fingerprint density at radius 3 is 2.61 bits per heavy atom. The number of anilines is 1. The zero-order chi connectivity index (χ0) is 25.8. The molecule has 1 aliphatic heterocycles. The number of carboxylic acids is 1. The van der Waals surface area contributed by atoms with Gasteiger partial charge in [0.1, 0.15) is 5.82 Å². The lowest BCUT2D eigenvalue weighted by Crippen LogP contribution is -2.58. The summed E-state index contributed by atoms with van der Waals surface area (Å²) in [4.78, 5) is 56.4. The minimum atomic E-state index is -1.52. The van der Waals surface area contributed by atoms with Crippen LogP contribution in [-0.2, 0) is 16.1 Å². The molecule has 10 heteroatoms. The lowest BCUT2D eigenvalue weighted by atomic mass is 9.97. The van der Waals surface area contributed by atoms with Gasteiger partial charge in [-0.3, -0.25) is 19.3 Å². The quantitative estimate of drug-likeness (QED) is 0.419. The lowest BCUT2D eigenvalue weighted by Gasteiger charge is -2.33. The minimum absolute atomic E-state index is 0.0422. The number of rotatable bonds is 7. The van der Waals surface area contributed by atoms with Crippen molar-refractivity contribution in [3.8, 4) is 0 Å². The summed E-state index contributed by atoms with van der Waals surface area (Å²) < 4.78 is 0. The van der Waals surface area contributed by atoms with Crippen molar-refractivity contribution in [2.24, 2.45) is 0 Å². The Morgan fingerprint density at radius 2 is 1.89 bits per heavy atom. The van der Waals surface area contributed by atoms with Crippen LogP contribution in [0, 0.1) is 6.92 Å². The smallest absolute Gasteiger partial charge is 0.316 e. The maximum Gasteiger partial charge on any atom is 0.316 e. The number of aromatic nitrogens is 1. The minimum Gasteiger partial charge on any atom is -0.481 e. The molecule has 0 fully saturated rings. The molecule has 0 saturated carbocycles. The highest BCUT2D eigenvalue weighted by Gasteiger charge is 2.41. The molecule has 2 atom stereocenters. The first-order valence-electron chi connectivity index (χ1n) is 11.1. The highest BCUT2D eigenvalue weighted by molar-refractivity contribution is 6.31. The van der Waals surface area contributed by atoms with Gasteiger partial charge in [0.25, 0.3) is 5.91 Å². The van der Waals surface area contributed by atoms with Gasteiger partial charge < -0.3 is 15.7 Å². The number of nitrogens with zero attached hydrogens (tertiary/aromatic N) is 2. The van der Waals surface area contributed by atoms with E-state index in [1.165, 1.54) is 17.2 Å². The van der Waals surface area contributed by atoms with Crippen molar-refractivity contribution in [2.75, 3.05) is 4.90 Å². The fourth-order valence-corrected chi connectivity index (χ4v) is 4.25. The molecule has 3 amide bonds. The largest absolute Gasteiger partial charge is 0.481 e. The van der Waals surface area contributed by atoms with Gasteiger partial charge >= 0.3 is 12.0 Å². The van der Waals surface area contributed by atoms with Crippen molar-refractivity contribution in [3.05, 3.63) is 94.1 Å². The monoisotopic (exact) mass is 506 g/mol. The summed E-state index contributed by atoms with van der Waals surface area (Å²) >= 11 is 6.28. The van der Waals surface area contributed by atoms with Gasteiger partial charge in [0.2, 0.25) is 0 Å². The molecule has 36 heavy (non-hydrogen) atoms. The van der Waals surface area contributed by atoms with Crippen molar-refractivity contribution in [1.29, 1.82) is 0 Å². The van der Waals surface area contributed by atoms with Crippen molar-refractivity contribution >= 4 is 41.1 Å². The second-order valence-corrected chi connectivity index (χ2v) is 8.78. The number of carbonyl (C=O) groups is 4. The number of urea groups is 1.